The topological polar surface area (TPSA) is 38.3 Å². The van der Waals surface area contributed by atoms with Crippen molar-refractivity contribution >= 4 is 22.2 Å². The van der Waals surface area contributed by atoms with Gasteiger partial charge in [-0.25, -0.2) is 0 Å². The normalized spacial score (nSPS) is 17.9. The quantitative estimate of drug-likeness (QED) is 0.343. The molecule has 1 N–H and O–H groups in total. The summed E-state index contributed by atoms with van der Waals surface area (Å²) < 4.78 is 5.61. The second-order valence-electron chi connectivity index (χ2n) is 3.25. The Balaban J connectivity index is 2.32. The first kappa shape index (κ1) is 11.3. The van der Waals surface area contributed by atoms with Gasteiger partial charge in [0.1, 0.15) is 0 Å². The van der Waals surface area contributed by atoms with Crippen LogP contribution in [0.15, 0.2) is 22.5 Å². The van der Waals surface area contributed by atoms with Crippen molar-refractivity contribution in [3.63, 3.8) is 0 Å². The van der Waals surface area contributed by atoms with Crippen molar-refractivity contribution in [2.75, 3.05) is 13.7 Å². The summed E-state index contributed by atoms with van der Waals surface area (Å²) in [4.78, 5) is 10.4. The lowest BCUT2D eigenvalue weighted by atomic mass is 10.4. The highest BCUT2D eigenvalue weighted by Crippen LogP contribution is 2.27. The predicted molar refractivity (Wildman–Crippen MR) is 58.9 cm³/mol. The third-order valence-electron chi connectivity index (χ3n) is 1.98. The number of hydrogen-bond acceptors (Lipinski definition) is 3. The molecule has 78 valence electrons. The average Bonchev–Trinajstić information content (AvgIpc) is 2.98. The number of aldehydes is 1. The molecule has 0 unspecified atom stereocenters. The number of hydrogen-bond donors (Lipinski definition) is 1. The van der Waals surface area contributed by atoms with Gasteiger partial charge in [0.25, 0.3) is 0 Å². The van der Waals surface area contributed by atoms with E-state index in [0.29, 0.717) is 12.0 Å². The van der Waals surface area contributed by atoms with E-state index in [-0.39, 0.29) is 0 Å². The van der Waals surface area contributed by atoms with Gasteiger partial charge in [0.2, 0.25) is 0 Å². The summed E-state index contributed by atoms with van der Waals surface area (Å²) in [5.41, 5.74) is 0. The summed E-state index contributed by atoms with van der Waals surface area (Å²) in [5.74, 6) is 1.14. The first-order chi connectivity index (χ1) is 6.76. The zero-order valence-electron chi connectivity index (χ0n) is 8.13. The first-order valence-corrected chi connectivity index (χ1v) is 5.35. The van der Waals surface area contributed by atoms with E-state index in [4.69, 9.17) is 4.74 Å². The highest BCUT2D eigenvalue weighted by atomic mass is 79.9. The molecule has 1 saturated carbocycles. The number of carbonyl (C=O) groups is 1. The maximum atomic E-state index is 10.4. The largest absolute Gasteiger partial charge is 0.493 e. The van der Waals surface area contributed by atoms with Crippen LogP contribution in [0.3, 0.4) is 0 Å². The highest BCUT2D eigenvalue weighted by molar-refractivity contribution is 9.11. The third-order valence-corrected chi connectivity index (χ3v) is 2.43. The zero-order chi connectivity index (χ0) is 10.4. The molecular weight excluding hydrogens is 246 g/mol. The number of rotatable bonds is 6. The number of nitrogens with one attached hydrogen (secondary N) is 1. The van der Waals surface area contributed by atoms with Gasteiger partial charge in [0, 0.05) is 17.2 Å². The molecule has 1 rings (SSSR count). The van der Waals surface area contributed by atoms with E-state index < -0.39 is 0 Å². The molecule has 0 bridgehead atoms. The summed E-state index contributed by atoms with van der Waals surface area (Å²) in [6.45, 7) is 1.01. The lowest BCUT2D eigenvalue weighted by Gasteiger charge is -1.99. The van der Waals surface area contributed by atoms with Gasteiger partial charge in [-0.2, -0.15) is 0 Å². The van der Waals surface area contributed by atoms with E-state index in [2.05, 4.69) is 21.2 Å². The van der Waals surface area contributed by atoms with Crippen molar-refractivity contribution in [1.82, 2.24) is 5.32 Å². The van der Waals surface area contributed by atoms with Crippen LogP contribution >= 0.6 is 15.9 Å². The Morgan fingerprint density at radius 1 is 1.64 bits per heavy atom. The van der Waals surface area contributed by atoms with Crippen LogP contribution in [0.4, 0.5) is 0 Å². The second kappa shape index (κ2) is 5.86. The second-order valence-corrected chi connectivity index (χ2v) is 4.17. The monoisotopic (exact) mass is 259 g/mol. The van der Waals surface area contributed by atoms with Gasteiger partial charge in [0.15, 0.2) is 12.0 Å². The maximum Gasteiger partial charge on any atom is 0.184 e. The lowest BCUT2D eigenvalue weighted by Crippen LogP contribution is -2.08. The molecule has 0 aromatic heterocycles. The van der Waals surface area contributed by atoms with E-state index in [1.807, 2.05) is 6.20 Å². The Bertz CT molecular complexity index is 257. The van der Waals surface area contributed by atoms with Crippen LogP contribution < -0.4 is 5.32 Å². The predicted octanol–water partition coefficient (Wildman–Crippen LogP) is 1.95. The minimum Gasteiger partial charge on any atom is -0.493 e. The van der Waals surface area contributed by atoms with Gasteiger partial charge in [-0.05, 0) is 40.8 Å². The van der Waals surface area contributed by atoms with E-state index in [9.17, 15) is 4.79 Å². The minimum atomic E-state index is 0.307. The molecule has 0 heterocycles. The van der Waals surface area contributed by atoms with Crippen LogP contribution in [0, 0.1) is 5.92 Å². The Kier molecular flexibility index (Phi) is 4.73. The minimum absolute atomic E-state index is 0.307. The summed E-state index contributed by atoms with van der Waals surface area (Å²) >= 11 is 3.31. The Hall–Kier alpha value is -0.770. The van der Waals surface area contributed by atoms with Crippen LogP contribution in [-0.2, 0) is 9.53 Å². The molecule has 0 aromatic carbocycles. The standard InChI is InChI=1S/C10H14BrNO2/c1-14-10(7-13)4-9(11)6-12-5-8-2-3-8/h4,6-8,12H,2-3,5H2,1H3/b9-6+,10-4+. The molecule has 0 spiro atoms. The van der Waals surface area contributed by atoms with Crippen molar-refractivity contribution < 1.29 is 9.53 Å². The van der Waals surface area contributed by atoms with Crippen LogP contribution in [-0.4, -0.2) is 19.9 Å². The molecule has 1 aliphatic carbocycles. The van der Waals surface area contributed by atoms with Crippen LogP contribution in [0.25, 0.3) is 0 Å². The van der Waals surface area contributed by atoms with Crippen LogP contribution in [0.5, 0.6) is 0 Å². The molecule has 0 aromatic rings. The summed E-state index contributed by atoms with van der Waals surface area (Å²) in [6, 6.07) is 0. The number of carbonyl (C=O) groups excluding carboxylic acids is 1. The van der Waals surface area contributed by atoms with E-state index >= 15 is 0 Å². The smallest absolute Gasteiger partial charge is 0.184 e. The SMILES string of the molecule is CO/C(C=O)=C/C(Br)=C\NCC1CC1. The fourth-order valence-electron chi connectivity index (χ4n) is 0.964. The van der Waals surface area contributed by atoms with Gasteiger partial charge in [0.05, 0.1) is 7.11 Å². The molecule has 0 amide bonds. The Labute approximate surface area is 92.3 Å². The zero-order valence-corrected chi connectivity index (χ0v) is 9.71. The Morgan fingerprint density at radius 3 is 2.86 bits per heavy atom. The lowest BCUT2D eigenvalue weighted by molar-refractivity contribution is -0.107. The number of allylic oxidation sites excluding steroid dienone is 3. The third kappa shape index (κ3) is 4.46. The van der Waals surface area contributed by atoms with Crippen molar-refractivity contribution in [2.24, 2.45) is 5.92 Å². The molecule has 14 heavy (non-hydrogen) atoms. The number of methoxy groups -OCH3 is 1. The van der Waals surface area contributed by atoms with E-state index in [0.717, 1.165) is 16.9 Å². The van der Waals surface area contributed by atoms with E-state index in [1.165, 1.54) is 20.0 Å². The average molecular weight is 260 g/mol. The molecule has 0 atom stereocenters. The van der Waals surface area contributed by atoms with Gasteiger partial charge in [-0.1, -0.05) is 0 Å². The summed E-state index contributed by atoms with van der Waals surface area (Å²) in [5, 5.41) is 3.18. The molecule has 0 radical (unpaired) electrons. The molecule has 0 saturated heterocycles. The maximum absolute atomic E-state index is 10.4. The molecule has 4 heteroatoms. The summed E-state index contributed by atoms with van der Waals surface area (Å²) in [7, 11) is 1.47. The Morgan fingerprint density at radius 2 is 2.36 bits per heavy atom. The van der Waals surface area contributed by atoms with Crippen molar-refractivity contribution in [1.29, 1.82) is 0 Å². The van der Waals surface area contributed by atoms with Crippen LogP contribution in [0.1, 0.15) is 12.8 Å². The molecular formula is C10H14BrNO2. The highest BCUT2D eigenvalue weighted by Gasteiger charge is 2.19. The van der Waals surface area contributed by atoms with Crippen LogP contribution in [0.2, 0.25) is 0 Å². The molecule has 1 fully saturated rings. The van der Waals surface area contributed by atoms with Gasteiger partial charge in [-0.3, -0.25) is 4.79 Å². The molecule has 0 aliphatic heterocycles. The van der Waals surface area contributed by atoms with Crippen molar-refractivity contribution in [3.8, 4) is 0 Å². The fourth-order valence-corrected chi connectivity index (χ4v) is 1.35. The van der Waals surface area contributed by atoms with E-state index in [1.54, 1.807) is 6.08 Å². The number of halogens is 1. The molecule has 3 nitrogen and oxygen atoms in total. The molecule has 1 aliphatic rings. The van der Waals surface area contributed by atoms with Crippen molar-refractivity contribution in [2.45, 2.75) is 12.8 Å². The first-order valence-electron chi connectivity index (χ1n) is 4.56. The van der Waals surface area contributed by atoms with Gasteiger partial charge >= 0.3 is 0 Å². The fraction of sp³-hybridized carbons (Fsp3) is 0.500. The van der Waals surface area contributed by atoms with Gasteiger partial charge in [-0.15, -0.1) is 0 Å². The summed E-state index contributed by atoms with van der Waals surface area (Å²) in [6.07, 6.45) is 6.79. The van der Waals surface area contributed by atoms with Crippen molar-refractivity contribution in [3.05, 3.63) is 22.5 Å². The van der Waals surface area contributed by atoms with Gasteiger partial charge < -0.3 is 10.1 Å². The number of ether oxygens (including phenoxy) is 1.